The fourth-order valence-corrected chi connectivity index (χ4v) is 2.88. The quantitative estimate of drug-likeness (QED) is 0.271. The van der Waals surface area contributed by atoms with E-state index in [4.69, 9.17) is 4.74 Å². The number of nitrogens with one attached hydrogen (secondary N) is 2. The Bertz CT molecular complexity index is 308. The maximum absolute atomic E-state index is 5.33. The zero-order chi connectivity index (χ0) is 14.2. The summed E-state index contributed by atoms with van der Waals surface area (Å²) in [5.41, 5.74) is 0. The minimum Gasteiger partial charge on any atom is -0.382 e. The molecule has 0 aromatic heterocycles. The summed E-state index contributed by atoms with van der Waals surface area (Å²) in [6, 6.07) is 0.625. The van der Waals surface area contributed by atoms with Crippen molar-refractivity contribution in [3.63, 3.8) is 0 Å². The van der Waals surface area contributed by atoms with E-state index in [9.17, 15) is 0 Å². The van der Waals surface area contributed by atoms with E-state index in [1.807, 2.05) is 14.0 Å². The van der Waals surface area contributed by atoms with E-state index >= 15 is 0 Å². The molecule has 3 aliphatic rings. The molecular weight excluding hydrogens is 381 g/mol. The minimum atomic E-state index is 0. The molecule has 3 rings (SSSR count). The Morgan fingerprint density at radius 2 is 2.00 bits per heavy atom. The van der Waals surface area contributed by atoms with Crippen molar-refractivity contribution in [1.29, 1.82) is 0 Å². The highest BCUT2D eigenvalue weighted by Crippen LogP contribution is 2.14. The molecule has 6 nitrogen and oxygen atoms in total. The molecule has 0 radical (unpaired) electrons. The van der Waals surface area contributed by atoms with Gasteiger partial charge in [0.15, 0.2) is 5.96 Å². The van der Waals surface area contributed by atoms with Gasteiger partial charge in [0.05, 0.1) is 0 Å². The van der Waals surface area contributed by atoms with Crippen LogP contribution in [0.15, 0.2) is 4.99 Å². The number of halogens is 1. The second kappa shape index (κ2) is 10.6. The van der Waals surface area contributed by atoms with E-state index in [0.29, 0.717) is 6.04 Å². The first-order valence-corrected chi connectivity index (χ1v) is 7.82. The van der Waals surface area contributed by atoms with Crippen LogP contribution in [0.2, 0.25) is 0 Å². The van der Waals surface area contributed by atoms with Crippen LogP contribution in [0, 0.1) is 0 Å². The number of hydrogen-bond acceptors (Lipinski definition) is 4. The molecule has 3 heterocycles. The molecule has 3 aliphatic heterocycles. The third-order valence-corrected chi connectivity index (χ3v) is 4.08. The Morgan fingerprint density at radius 1 is 1.24 bits per heavy atom. The molecule has 0 spiro atoms. The highest BCUT2D eigenvalue weighted by molar-refractivity contribution is 14.0. The molecule has 1 atom stereocenters. The number of nitrogens with zero attached hydrogens (tertiary/aromatic N) is 3. The standard InChI is InChI=1S/C14H29N5O.HI/c1-3-20-10-4-5-16-14(15-2)17-11-13-12-18-6-8-19(13)9-7-18;/h13H,3-12H2,1-2H3,(H2,15,16,17);1H. The Morgan fingerprint density at radius 3 is 2.57 bits per heavy atom. The fraction of sp³-hybridized carbons (Fsp3) is 0.929. The van der Waals surface area contributed by atoms with Gasteiger partial charge >= 0.3 is 0 Å². The van der Waals surface area contributed by atoms with Gasteiger partial charge < -0.3 is 15.4 Å². The van der Waals surface area contributed by atoms with E-state index in [0.717, 1.165) is 38.7 Å². The van der Waals surface area contributed by atoms with Gasteiger partial charge in [-0.15, -0.1) is 24.0 Å². The normalized spacial score (nSPS) is 28.1. The first-order valence-electron chi connectivity index (χ1n) is 7.82. The van der Waals surface area contributed by atoms with E-state index in [-0.39, 0.29) is 24.0 Å². The lowest BCUT2D eigenvalue weighted by molar-refractivity contribution is 0.0154. The average Bonchev–Trinajstić information content (AvgIpc) is 2.51. The molecular formula is C14H30IN5O. The highest BCUT2D eigenvalue weighted by Gasteiger charge is 2.31. The number of ether oxygens (including phenoxy) is 1. The number of piperazine rings is 3. The molecule has 21 heavy (non-hydrogen) atoms. The fourth-order valence-electron chi connectivity index (χ4n) is 2.88. The molecule has 124 valence electrons. The van der Waals surface area contributed by atoms with Crippen molar-refractivity contribution in [2.75, 3.05) is 66.1 Å². The van der Waals surface area contributed by atoms with Gasteiger partial charge in [-0.1, -0.05) is 0 Å². The lowest BCUT2D eigenvalue weighted by atomic mass is 10.1. The third kappa shape index (κ3) is 6.25. The average molecular weight is 411 g/mol. The molecule has 0 saturated carbocycles. The summed E-state index contributed by atoms with van der Waals surface area (Å²) in [6.07, 6.45) is 1.01. The first-order chi connectivity index (χ1) is 9.83. The zero-order valence-electron chi connectivity index (χ0n) is 13.3. The van der Waals surface area contributed by atoms with Gasteiger partial charge in [0.1, 0.15) is 0 Å². The van der Waals surface area contributed by atoms with Crippen LogP contribution in [-0.2, 0) is 4.74 Å². The van der Waals surface area contributed by atoms with Crippen molar-refractivity contribution in [3.8, 4) is 0 Å². The molecule has 2 bridgehead atoms. The number of hydrogen-bond donors (Lipinski definition) is 2. The number of rotatable bonds is 7. The SMILES string of the molecule is CCOCCCNC(=NC)NCC1CN2CCN1CC2.I. The Hall–Kier alpha value is -0.120. The van der Waals surface area contributed by atoms with Crippen LogP contribution in [-0.4, -0.2) is 87.9 Å². The van der Waals surface area contributed by atoms with Gasteiger partial charge in [-0.25, -0.2) is 0 Å². The van der Waals surface area contributed by atoms with E-state index in [2.05, 4.69) is 25.4 Å². The first kappa shape index (κ1) is 18.9. The van der Waals surface area contributed by atoms with Gasteiger partial charge in [0.2, 0.25) is 0 Å². The zero-order valence-corrected chi connectivity index (χ0v) is 15.6. The highest BCUT2D eigenvalue weighted by atomic mass is 127. The van der Waals surface area contributed by atoms with Gasteiger partial charge in [-0.3, -0.25) is 14.8 Å². The number of fused-ring (bicyclic) bond motifs is 3. The number of guanidine groups is 1. The van der Waals surface area contributed by atoms with Crippen LogP contribution in [0.4, 0.5) is 0 Å². The summed E-state index contributed by atoms with van der Waals surface area (Å²) in [7, 11) is 1.83. The summed E-state index contributed by atoms with van der Waals surface area (Å²) >= 11 is 0. The lowest BCUT2D eigenvalue weighted by Gasteiger charge is -2.47. The van der Waals surface area contributed by atoms with Gasteiger partial charge in [-0.05, 0) is 13.3 Å². The van der Waals surface area contributed by atoms with Gasteiger partial charge in [0.25, 0.3) is 0 Å². The summed E-state index contributed by atoms with van der Waals surface area (Å²) in [4.78, 5) is 9.43. The van der Waals surface area contributed by atoms with Crippen molar-refractivity contribution in [1.82, 2.24) is 20.4 Å². The predicted molar refractivity (Wildman–Crippen MR) is 97.7 cm³/mol. The van der Waals surface area contributed by atoms with Crippen molar-refractivity contribution in [2.24, 2.45) is 4.99 Å². The maximum atomic E-state index is 5.33. The Balaban J connectivity index is 0.00000220. The van der Waals surface area contributed by atoms with Gasteiger partial charge in [-0.2, -0.15) is 0 Å². The molecule has 2 N–H and O–H groups in total. The Kier molecular flexibility index (Phi) is 9.54. The maximum Gasteiger partial charge on any atom is 0.191 e. The third-order valence-electron chi connectivity index (χ3n) is 4.08. The van der Waals surface area contributed by atoms with Crippen LogP contribution in [0.3, 0.4) is 0 Å². The van der Waals surface area contributed by atoms with E-state index in [1.54, 1.807) is 0 Å². The summed E-state index contributed by atoms with van der Waals surface area (Å²) in [6.45, 7) is 11.6. The van der Waals surface area contributed by atoms with Crippen molar-refractivity contribution in [3.05, 3.63) is 0 Å². The Labute approximate surface area is 145 Å². The minimum absolute atomic E-state index is 0. The van der Waals surface area contributed by atoms with Crippen LogP contribution < -0.4 is 10.6 Å². The summed E-state index contributed by atoms with van der Waals surface area (Å²) in [5.74, 6) is 0.902. The van der Waals surface area contributed by atoms with Crippen molar-refractivity contribution >= 4 is 29.9 Å². The summed E-state index contributed by atoms with van der Waals surface area (Å²) in [5, 5.41) is 6.78. The van der Waals surface area contributed by atoms with E-state index in [1.165, 1.54) is 32.7 Å². The molecule has 0 aromatic carbocycles. The van der Waals surface area contributed by atoms with Crippen molar-refractivity contribution < 1.29 is 4.74 Å². The van der Waals surface area contributed by atoms with Crippen molar-refractivity contribution in [2.45, 2.75) is 19.4 Å². The topological polar surface area (TPSA) is 52.1 Å². The summed E-state index contributed by atoms with van der Waals surface area (Å²) < 4.78 is 5.33. The largest absolute Gasteiger partial charge is 0.382 e. The second-order valence-corrected chi connectivity index (χ2v) is 5.42. The molecule has 7 heteroatoms. The molecule has 0 aromatic rings. The van der Waals surface area contributed by atoms with Crippen LogP contribution in [0.25, 0.3) is 0 Å². The molecule has 1 unspecified atom stereocenters. The van der Waals surface area contributed by atoms with Crippen LogP contribution >= 0.6 is 24.0 Å². The van der Waals surface area contributed by atoms with Crippen LogP contribution in [0.5, 0.6) is 0 Å². The lowest BCUT2D eigenvalue weighted by Crippen LogP contribution is -2.63. The number of aliphatic imine (C=N–C) groups is 1. The predicted octanol–water partition coefficient (Wildman–Crippen LogP) is 0.196. The molecule has 0 aliphatic carbocycles. The molecule has 0 amide bonds. The monoisotopic (exact) mass is 411 g/mol. The van der Waals surface area contributed by atoms with E-state index < -0.39 is 0 Å². The van der Waals surface area contributed by atoms with Crippen LogP contribution in [0.1, 0.15) is 13.3 Å². The molecule has 3 fully saturated rings. The van der Waals surface area contributed by atoms with Gasteiger partial charge in [0, 0.05) is 72.1 Å². The molecule has 3 saturated heterocycles. The second-order valence-electron chi connectivity index (χ2n) is 5.42. The smallest absolute Gasteiger partial charge is 0.191 e.